The van der Waals surface area contributed by atoms with Gasteiger partial charge in [0.05, 0.1) is 13.7 Å². The Morgan fingerprint density at radius 3 is 2.36 bits per heavy atom. The Morgan fingerprint density at radius 2 is 1.69 bits per heavy atom. The van der Waals surface area contributed by atoms with Gasteiger partial charge in [0.1, 0.15) is 11.5 Å². The van der Waals surface area contributed by atoms with Crippen LogP contribution < -0.4 is 9.47 Å². The van der Waals surface area contributed by atoms with Crippen LogP contribution in [0, 0.1) is 0 Å². The average Bonchev–Trinajstić information content (AvgIpc) is 2.87. The van der Waals surface area contributed by atoms with Crippen molar-refractivity contribution in [3.63, 3.8) is 0 Å². The zero-order valence-corrected chi connectivity index (χ0v) is 21.5. The molecule has 2 aromatic carbocycles. The number of hydrogen-bond donors (Lipinski definition) is 1. The number of hydrogen-bond acceptors (Lipinski definition) is 5. The second-order valence-corrected chi connectivity index (χ2v) is 8.80. The van der Waals surface area contributed by atoms with E-state index in [9.17, 15) is 14.4 Å². The highest BCUT2D eigenvalue weighted by Crippen LogP contribution is 2.24. The molecule has 0 aliphatic heterocycles. The van der Waals surface area contributed by atoms with E-state index in [0.29, 0.717) is 36.3 Å². The highest BCUT2D eigenvalue weighted by Gasteiger charge is 2.13. The minimum Gasteiger partial charge on any atom is -0.497 e. The molecule has 36 heavy (non-hydrogen) atoms. The largest absolute Gasteiger partial charge is 0.497 e. The molecule has 0 atom stereocenters. The van der Waals surface area contributed by atoms with Crippen LogP contribution in [0.4, 0.5) is 0 Å². The molecular formula is C29H37NO6. The van der Waals surface area contributed by atoms with E-state index in [-0.39, 0.29) is 31.0 Å². The molecule has 1 N–H and O–H groups in total. The summed E-state index contributed by atoms with van der Waals surface area (Å²) in [6, 6.07) is 13.1. The summed E-state index contributed by atoms with van der Waals surface area (Å²) in [5.41, 5.74) is 2.35. The first kappa shape index (κ1) is 28.6. The lowest BCUT2D eigenvalue weighted by atomic mass is 10.00. The molecule has 194 valence electrons. The Labute approximate surface area is 213 Å². The number of nitrogens with zero attached hydrogens (tertiary/aromatic N) is 1. The first-order chi connectivity index (χ1) is 17.3. The number of allylic oxidation sites excluding steroid dienone is 1. The summed E-state index contributed by atoms with van der Waals surface area (Å²) in [6.45, 7) is 0.510. The number of aliphatic carboxylic acids is 1. The summed E-state index contributed by atoms with van der Waals surface area (Å²) in [5, 5.41) is 9.11. The van der Waals surface area contributed by atoms with Crippen molar-refractivity contribution in [3.8, 4) is 11.5 Å². The fourth-order valence-corrected chi connectivity index (χ4v) is 3.58. The number of Topliss-reactive ketones (excluding diaryl/α,β-unsaturated/α-hetero) is 1. The molecule has 0 aromatic heterocycles. The highest BCUT2D eigenvalue weighted by molar-refractivity contribution is 5.96. The van der Waals surface area contributed by atoms with Crippen LogP contribution in [0.2, 0.25) is 0 Å². The van der Waals surface area contributed by atoms with E-state index < -0.39 is 5.97 Å². The van der Waals surface area contributed by atoms with E-state index in [1.807, 2.05) is 24.3 Å². The number of carbonyl (C=O) groups is 3. The van der Waals surface area contributed by atoms with Gasteiger partial charge in [0.25, 0.3) is 0 Å². The predicted octanol–water partition coefficient (Wildman–Crippen LogP) is 5.42. The van der Waals surface area contributed by atoms with Crippen LogP contribution in [0.1, 0.15) is 66.4 Å². The van der Waals surface area contributed by atoms with E-state index in [1.54, 1.807) is 39.4 Å². The van der Waals surface area contributed by atoms with Crippen LogP contribution in [0.25, 0.3) is 6.08 Å². The first-order valence-electron chi connectivity index (χ1n) is 12.3. The van der Waals surface area contributed by atoms with Crippen molar-refractivity contribution >= 4 is 23.7 Å². The van der Waals surface area contributed by atoms with Crippen LogP contribution in [0.5, 0.6) is 11.5 Å². The van der Waals surface area contributed by atoms with Crippen molar-refractivity contribution in [1.29, 1.82) is 0 Å². The molecule has 0 saturated carbocycles. The van der Waals surface area contributed by atoms with Crippen molar-refractivity contribution in [1.82, 2.24) is 4.90 Å². The van der Waals surface area contributed by atoms with Gasteiger partial charge in [0.2, 0.25) is 5.91 Å². The minimum atomic E-state index is -0.900. The SMILES string of the molecule is COc1ccc(/C=C/CCCCOc2ccc(C(=O)CCCC(=O)N(C)C)cc2CCC(=O)O)cc1. The van der Waals surface area contributed by atoms with Gasteiger partial charge in [-0.25, -0.2) is 0 Å². The minimum absolute atomic E-state index is 0.00934. The molecule has 0 fully saturated rings. The van der Waals surface area contributed by atoms with Crippen LogP contribution in [-0.4, -0.2) is 55.5 Å². The molecule has 0 aliphatic carbocycles. The first-order valence-corrected chi connectivity index (χ1v) is 12.3. The number of unbranched alkanes of at least 4 members (excludes halogenated alkanes) is 2. The quantitative estimate of drug-likeness (QED) is 0.247. The Hall–Kier alpha value is -3.61. The predicted molar refractivity (Wildman–Crippen MR) is 141 cm³/mol. The maximum absolute atomic E-state index is 12.6. The van der Waals surface area contributed by atoms with Gasteiger partial charge in [-0.1, -0.05) is 24.3 Å². The second-order valence-electron chi connectivity index (χ2n) is 8.80. The van der Waals surface area contributed by atoms with Crippen LogP contribution in [0.3, 0.4) is 0 Å². The zero-order valence-electron chi connectivity index (χ0n) is 21.5. The van der Waals surface area contributed by atoms with E-state index >= 15 is 0 Å². The molecule has 2 aromatic rings. The molecule has 0 spiro atoms. The number of ether oxygens (including phenoxy) is 2. The number of benzene rings is 2. The van der Waals surface area contributed by atoms with E-state index in [2.05, 4.69) is 12.2 Å². The summed E-state index contributed by atoms with van der Waals surface area (Å²) in [5.74, 6) is 0.479. The molecular weight excluding hydrogens is 458 g/mol. The topological polar surface area (TPSA) is 93.1 Å². The van der Waals surface area contributed by atoms with Gasteiger partial charge < -0.3 is 19.5 Å². The number of carboxylic acids is 1. The van der Waals surface area contributed by atoms with E-state index in [4.69, 9.17) is 14.6 Å². The van der Waals surface area contributed by atoms with Crippen molar-refractivity contribution in [2.45, 2.75) is 51.4 Å². The summed E-state index contributed by atoms with van der Waals surface area (Å²) >= 11 is 0. The van der Waals surface area contributed by atoms with Gasteiger partial charge in [0.15, 0.2) is 5.78 Å². The maximum atomic E-state index is 12.6. The summed E-state index contributed by atoms with van der Waals surface area (Å²) in [7, 11) is 5.03. The van der Waals surface area contributed by atoms with E-state index in [0.717, 1.165) is 30.6 Å². The number of carboxylic acid groups (broad SMARTS) is 1. The third-order valence-corrected chi connectivity index (χ3v) is 5.73. The normalized spacial score (nSPS) is 10.9. The fraction of sp³-hybridized carbons (Fsp3) is 0.414. The molecule has 1 amide bonds. The van der Waals surface area contributed by atoms with Gasteiger partial charge in [0, 0.05) is 38.9 Å². The van der Waals surface area contributed by atoms with Crippen molar-refractivity contribution in [3.05, 3.63) is 65.2 Å². The number of aryl methyl sites for hydroxylation is 1. The molecule has 0 saturated heterocycles. The molecule has 2 rings (SSSR count). The summed E-state index contributed by atoms with van der Waals surface area (Å²) in [4.78, 5) is 36.9. The lowest BCUT2D eigenvalue weighted by Crippen LogP contribution is -2.21. The van der Waals surface area contributed by atoms with Crippen LogP contribution in [-0.2, 0) is 16.0 Å². The zero-order chi connectivity index (χ0) is 26.3. The molecule has 0 bridgehead atoms. The van der Waals surface area contributed by atoms with Gasteiger partial charge in [-0.15, -0.1) is 0 Å². The Kier molecular flexibility index (Phi) is 12.2. The average molecular weight is 496 g/mol. The Balaban J connectivity index is 1.85. The lowest BCUT2D eigenvalue weighted by Gasteiger charge is -2.13. The maximum Gasteiger partial charge on any atom is 0.303 e. The van der Waals surface area contributed by atoms with Gasteiger partial charge >= 0.3 is 5.97 Å². The number of methoxy groups -OCH3 is 1. The van der Waals surface area contributed by atoms with Crippen molar-refractivity contribution < 1.29 is 29.0 Å². The van der Waals surface area contributed by atoms with E-state index in [1.165, 1.54) is 4.90 Å². The molecule has 0 unspecified atom stereocenters. The Bertz CT molecular complexity index is 1030. The van der Waals surface area contributed by atoms with Gasteiger partial charge in [-0.05, 0) is 73.6 Å². The fourth-order valence-electron chi connectivity index (χ4n) is 3.58. The van der Waals surface area contributed by atoms with Gasteiger partial charge in [-0.2, -0.15) is 0 Å². The monoisotopic (exact) mass is 495 g/mol. The smallest absolute Gasteiger partial charge is 0.303 e. The molecule has 7 nitrogen and oxygen atoms in total. The number of carbonyl (C=O) groups excluding carboxylic acids is 2. The van der Waals surface area contributed by atoms with Crippen molar-refractivity contribution in [2.24, 2.45) is 0 Å². The molecule has 0 aliphatic rings. The van der Waals surface area contributed by atoms with Crippen LogP contribution in [0.15, 0.2) is 48.5 Å². The Morgan fingerprint density at radius 1 is 0.944 bits per heavy atom. The second kappa shape index (κ2) is 15.4. The van der Waals surface area contributed by atoms with Crippen molar-refractivity contribution in [2.75, 3.05) is 27.8 Å². The third kappa shape index (κ3) is 10.3. The number of ketones is 1. The number of amides is 1. The number of rotatable bonds is 16. The summed E-state index contributed by atoms with van der Waals surface area (Å²) < 4.78 is 11.1. The lowest BCUT2D eigenvalue weighted by molar-refractivity contribution is -0.137. The molecule has 0 heterocycles. The highest BCUT2D eigenvalue weighted by atomic mass is 16.5. The van der Waals surface area contributed by atoms with Crippen LogP contribution >= 0.6 is 0 Å². The third-order valence-electron chi connectivity index (χ3n) is 5.73. The van der Waals surface area contributed by atoms with Gasteiger partial charge in [-0.3, -0.25) is 14.4 Å². The molecule has 7 heteroatoms. The standard InChI is InChI=1S/C29H37NO6/c1-30(2)28(32)11-8-10-26(31)23-14-18-27(24(21-23)15-19-29(33)34)36-20-7-5-4-6-9-22-12-16-25(35-3)17-13-22/h6,9,12-14,16-18,21H,4-5,7-8,10-11,15,19-20H2,1-3H3,(H,33,34)/b9-6+. The molecule has 0 radical (unpaired) electrons. The summed E-state index contributed by atoms with van der Waals surface area (Å²) in [6.07, 6.45) is 8.26.